The summed E-state index contributed by atoms with van der Waals surface area (Å²) in [6.07, 6.45) is 0.158. The third-order valence-corrected chi connectivity index (χ3v) is 5.17. The zero-order valence-electron chi connectivity index (χ0n) is 15.6. The second-order valence-electron chi connectivity index (χ2n) is 6.85. The maximum Gasteiger partial charge on any atom is 0.317 e. The molecule has 2 aromatic carbocycles. The topological polar surface area (TPSA) is 72.8 Å². The molecule has 0 spiro atoms. The van der Waals surface area contributed by atoms with Gasteiger partial charge in [-0.05, 0) is 36.6 Å². The van der Waals surface area contributed by atoms with Crippen LogP contribution in [0, 0.1) is 5.92 Å². The number of carbonyl (C=O) groups excluding carboxylic acids is 2. The lowest BCUT2D eigenvalue weighted by Crippen LogP contribution is -2.45. The summed E-state index contributed by atoms with van der Waals surface area (Å²) in [6.45, 7) is 1.93. The number of esters is 1. The minimum absolute atomic E-state index is 0.104. The molecule has 0 saturated heterocycles. The van der Waals surface area contributed by atoms with Gasteiger partial charge < -0.3 is 14.6 Å². The molecule has 3 atom stereocenters. The fourth-order valence-corrected chi connectivity index (χ4v) is 3.83. The molecule has 142 valence electrons. The van der Waals surface area contributed by atoms with Crippen LogP contribution in [0.4, 0.5) is 0 Å². The van der Waals surface area contributed by atoms with E-state index in [0.717, 1.165) is 5.56 Å². The highest BCUT2D eigenvalue weighted by Crippen LogP contribution is 2.46. The Kier molecular flexibility index (Phi) is 5.61. The van der Waals surface area contributed by atoms with Gasteiger partial charge in [0.1, 0.15) is 11.7 Å². The molecule has 2 aromatic rings. The van der Waals surface area contributed by atoms with Crippen molar-refractivity contribution in [2.24, 2.45) is 5.92 Å². The highest BCUT2D eigenvalue weighted by molar-refractivity contribution is 6.01. The van der Waals surface area contributed by atoms with Crippen molar-refractivity contribution in [2.45, 2.75) is 31.3 Å². The second kappa shape index (κ2) is 7.92. The summed E-state index contributed by atoms with van der Waals surface area (Å²) < 4.78 is 10.3. The van der Waals surface area contributed by atoms with E-state index < -0.39 is 23.4 Å². The lowest BCUT2D eigenvalue weighted by molar-refractivity contribution is -0.158. The summed E-state index contributed by atoms with van der Waals surface area (Å²) in [5, 5.41) is 11.3. The molecule has 1 aliphatic carbocycles. The number of hydrogen-bond acceptors (Lipinski definition) is 5. The lowest BCUT2D eigenvalue weighted by atomic mass is 9.66. The van der Waals surface area contributed by atoms with Gasteiger partial charge in [0.2, 0.25) is 0 Å². The van der Waals surface area contributed by atoms with Crippen molar-refractivity contribution in [2.75, 3.05) is 13.7 Å². The molecule has 1 N–H and O–H groups in total. The Hall–Kier alpha value is -2.66. The first-order chi connectivity index (χ1) is 13.0. The van der Waals surface area contributed by atoms with E-state index in [1.165, 1.54) is 0 Å². The van der Waals surface area contributed by atoms with Crippen molar-refractivity contribution in [3.8, 4) is 5.75 Å². The molecule has 0 unspecified atom stereocenters. The third kappa shape index (κ3) is 3.88. The first-order valence-corrected chi connectivity index (χ1v) is 9.09. The van der Waals surface area contributed by atoms with Crippen molar-refractivity contribution in [3.63, 3.8) is 0 Å². The van der Waals surface area contributed by atoms with Crippen LogP contribution in [0.15, 0.2) is 54.6 Å². The van der Waals surface area contributed by atoms with Gasteiger partial charge in [0.25, 0.3) is 0 Å². The maximum atomic E-state index is 12.9. The van der Waals surface area contributed by atoms with Crippen LogP contribution in [0.5, 0.6) is 5.75 Å². The number of Topliss-reactive ketones (excluding diaryl/α,β-unsaturated/α-hetero) is 1. The number of benzene rings is 2. The molecular weight excluding hydrogens is 344 g/mol. The predicted molar refractivity (Wildman–Crippen MR) is 100 cm³/mol. The summed E-state index contributed by atoms with van der Waals surface area (Å²) in [5.74, 6) is -1.53. The van der Waals surface area contributed by atoms with Crippen LogP contribution in [0.25, 0.3) is 0 Å². The van der Waals surface area contributed by atoms with Gasteiger partial charge in [-0.15, -0.1) is 0 Å². The SMILES string of the molecule is CCOC(=O)[C@@H]1C(=O)C[C@](O)(c2ccccc2)C[C@@H]1c1ccc(OC)cc1. The van der Waals surface area contributed by atoms with Crippen LogP contribution in [-0.2, 0) is 19.9 Å². The fraction of sp³-hybridized carbons (Fsp3) is 0.364. The normalized spacial score (nSPS) is 25.1. The van der Waals surface area contributed by atoms with Crippen LogP contribution >= 0.6 is 0 Å². The van der Waals surface area contributed by atoms with Gasteiger partial charge in [-0.2, -0.15) is 0 Å². The summed E-state index contributed by atoms with van der Waals surface area (Å²) in [6, 6.07) is 16.4. The second-order valence-corrected chi connectivity index (χ2v) is 6.85. The first-order valence-electron chi connectivity index (χ1n) is 9.09. The molecule has 1 saturated carbocycles. The Morgan fingerprint density at radius 3 is 2.41 bits per heavy atom. The third-order valence-electron chi connectivity index (χ3n) is 5.17. The van der Waals surface area contributed by atoms with Crippen molar-refractivity contribution >= 4 is 11.8 Å². The molecule has 0 aromatic heterocycles. The minimum atomic E-state index is -1.31. The van der Waals surface area contributed by atoms with E-state index in [1.54, 1.807) is 26.2 Å². The average Bonchev–Trinajstić information content (AvgIpc) is 2.68. The van der Waals surface area contributed by atoms with Crippen LogP contribution in [-0.4, -0.2) is 30.6 Å². The number of hydrogen-bond donors (Lipinski definition) is 1. The molecule has 1 aliphatic rings. The van der Waals surface area contributed by atoms with Crippen LogP contribution < -0.4 is 4.74 Å². The lowest BCUT2D eigenvalue weighted by Gasteiger charge is -2.40. The zero-order valence-corrected chi connectivity index (χ0v) is 15.6. The smallest absolute Gasteiger partial charge is 0.317 e. The van der Waals surface area contributed by atoms with Crippen molar-refractivity contribution in [1.29, 1.82) is 0 Å². The standard InChI is InChI=1S/C22H24O5/c1-3-27-21(24)20-18(15-9-11-17(26-2)12-10-15)13-22(25,14-19(20)23)16-7-5-4-6-8-16/h4-12,18,20,25H,3,13-14H2,1-2H3/t18-,20+,22+/m1/s1. The van der Waals surface area contributed by atoms with Crippen LogP contribution in [0.1, 0.15) is 36.8 Å². The molecule has 1 fully saturated rings. The van der Waals surface area contributed by atoms with Crippen LogP contribution in [0.3, 0.4) is 0 Å². The fourth-order valence-electron chi connectivity index (χ4n) is 3.83. The Balaban J connectivity index is 2.01. The Bertz CT molecular complexity index is 799. The molecule has 0 heterocycles. The number of ether oxygens (including phenoxy) is 2. The molecule has 0 bridgehead atoms. The van der Waals surface area contributed by atoms with Gasteiger partial charge in [-0.25, -0.2) is 0 Å². The van der Waals surface area contributed by atoms with E-state index in [-0.39, 0.29) is 25.2 Å². The molecule has 5 heteroatoms. The number of rotatable bonds is 5. The largest absolute Gasteiger partial charge is 0.497 e. The highest BCUT2D eigenvalue weighted by atomic mass is 16.5. The quantitative estimate of drug-likeness (QED) is 0.648. The first kappa shape index (κ1) is 19.1. The predicted octanol–water partition coefficient (Wildman–Crippen LogP) is 3.21. The number of carbonyl (C=O) groups is 2. The van der Waals surface area contributed by atoms with Crippen molar-refractivity contribution in [3.05, 3.63) is 65.7 Å². The molecule has 0 amide bonds. The van der Waals surface area contributed by atoms with Crippen molar-refractivity contribution < 1.29 is 24.2 Å². The number of ketones is 1. The van der Waals surface area contributed by atoms with Gasteiger partial charge in [-0.1, -0.05) is 42.5 Å². The average molecular weight is 368 g/mol. The molecule has 5 nitrogen and oxygen atoms in total. The van der Waals surface area contributed by atoms with Gasteiger partial charge in [0.05, 0.1) is 19.3 Å². The zero-order chi connectivity index (χ0) is 19.4. The minimum Gasteiger partial charge on any atom is -0.497 e. The van der Waals surface area contributed by atoms with E-state index in [0.29, 0.717) is 11.3 Å². The molecule has 0 aliphatic heterocycles. The molecule has 3 rings (SSSR count). The Morgan fingerprint density at radius 1 is 1.15 bits per heavy atom. The van der Waals surface area contributed by atoms with Gasteiger partial charge >= 0.3 is 5.97 Å². The Morgan fingerprint density at radius 2 is 1.81 bits per heavy atom. The monoisotopic (exact) mass is 368 g/mol. The van der Waals surface area contributed by atoms with E-state index in [9.17, 15) is 14.7 Å². The summed E-state index contributed by atoms with van der Waals surface area (Å²) in [4.78, 5) is 25.4. The number of methoxy groups -OCH3 is 1. The van der Waals surface area contributed by atoms with Gasteiger partial charge in [0, 0.05) is 12.3 Å². The molecule has 0 radical (unpaired) electrons. The summed E-state index contributed by atoms with van der Waals surface area (Å²) >= 11 is 0. The van der Waals surface area contributed by atoms with Crippen LogP contribution in [0.2, 0.25) is 0 Å². The van der Waals surface area contributed by atoms with Gasteiger partial charge in [-0.3, -0.25) is 9.59 Å². The van der Waals surface area contributed by atoms with E-state index in [1.807, 2.05) is 42.5 Å². The van der Waals surface area contributed by atoms with Gasteiger partial charge in [0.15, 0.2) is 5.78 Å². The molecule has 27 heavy (non-hydrogen) atoms. The molecular formula is C22H24O5. The summed E-state index contributed by atoms with van der Waals surface area (Å²) in [7, 11) is 1.58. The number of aliphatic hydroxyl groups is 1. The van der Waals surface area contributed by atoms with E-state index in [4.69, 9.17) is 9.47 Å². The van der Waals surface area contributed by atoms with E-state index >= 15 is 0 Å². The van der Waals surface area contributed by atoms with E-state index in [2.05, 4.69) is 0 Å². The summed E-state index contributed by atoms with van der Waals surface area (Å²) in [5.41, 5.74) is 0.168. The Labute approximate surface area is 158 Å². The maximum absolute atomic E-state index is 12.9. The van der Waals surface area contributed by atoms with Crippen molar-refractivity contribution in [1.82, 2.24) is 0 Å². The highest BCUT2D eigenvalue weighted by Gasteiger charge is 2.49.